The molecule has 0 aromatic heterocycles. The van der Waals surface area contributed by atoms with Gasteiger partial charge in [-0.1, -0.05) is 13.0 Å². The van der Waals surface area contributed by atoms with Gasteiger partial charge in [-0.2, -0.15) is 4.31 Å². The minimum Gasteiger partial charge on any atom is -0.351 e. The molecule has 0 atom stereocenters. The van der Waals surface area contributed by atoms with E-state index >= 15 is 0 Å². The highest BCUT2D eigenvalue weighted by atomic mass is 32.2. The van der Waals surface area contributed by atoms with Crippen LogP contribution in [0.15, 0.2) is 12.7 Å². The molecule has 1 N–H and O–H groups in total. The van der Waals surface area contributed by atoms with E-state index in [2.05, 4.69) is 11.9 Å². The third-order valence-corrected chi connectivity index (χ3v) is 2.96. The van der Waals surface area contributed by atoms with Crippen LogP contribution in [-0.4, -0.2) is 44.5 Å². The summed E-state index contributed by atoms with van der Waals surface area (Å²) in [6.45, 7) is 5.90. The van der Waals surface area contributed by atoms with E-state index < -0.39 is 10.0 Å². The summed E-state index contributed by atoms with van der Waals surface area (Å²) in [6.07, 6.45) is 3.33. The van der Waals surface area contributed by atoms with Crippen molar-refractivity contribution in [1.82, 2.24) is 9.62 Å². The maximum absolute atomic E-state index is 11.3. The molecule has 15 heavy (non-hydrogen) atoms. The fraction of sp³-hybridized carbons (Fsp3) is 0.667. The van der Waals surface area contributed by atoms with E-state index in [0.717, 1.165) is 10.6 Å². The van der Waals surface area contributed by atoms with E-state index in [-0.39, 0.29) is 12.5 Å². The van der Waals surface area contributed by atoms with Crippen molar-refractivity contribution in [3.63, 3.8) is 0 Å². The van der Waals surface area contributed by atoms with Crippen molar-refractivity contribution in [3.8, 4) is 0 Å². The van der Waals surface area contributed by atoms with Gasteiger partial charge in [0.25, 0.3) is 0 Å². The van der Waals surface area contributed by atoms with Crippen LogP contribution in [0.4, 0.5) is 0 Å². The highest BCUT2D eigenvalue weighted by Crippen LogP contribution is 1.98. The lowest BCUT2D eigenvalue weighted by Crippen LogP contribution is -2.40. The van der Waals surface area contributed by atoms with Crippen LogP contribution < -0.4 is 5.32 Å². The van der Waals surface area contributed by atoms with Gasteiger partial charge in [-0.25, -0.2) is 8.42 Å². The van der Waals surface area contributed by atoms with Crippen molar-refractivity contribution in [2.45, 2.75) is 13.3 Å². The maximum atomic E-state index is 11.3. The Morgan fingerprint density at radius 3 is 2.53 bits per heavy atom. The molecule has 0 heterocycles. The van der Waals surface area contributed by atoms with Gasteiger partial charge in [-0.3, -0.25) is 4.79 Å². The third-order valence-electron chi connectivity index (χ3n) is 1.71. The number of carbonyl (C=O) groups is 1. The van der Waals surface area contributed by atoms with E-state index in [9.17, 15) is 13.2 Å². The Morgan fingerprint density at radius 1 is 1.53 bits per heavy atom. The van der Waals surface area contributed by atoms with Crippen LogP contribution in [0.2, 0.25) is 0 Å². The summed E-state index contributed by atoms with van der Waals surface area (Å²) in [5, 5.41) is 2.53. The van der Waals surface area contributed by atoms with Crippen LogP contribution in [0, 0.1) is 0 Å². The standard InChI is InChI=1S/C9H18N2O3S/c1-4-6-10-9(12)8-11(7-5-2)15(3,13)14/h4H,1,5-8H2,2-3H3,(H,10,12). The van der Waals surface area contributed by atoms with Gasteiger partial charge >= 0.3 is 0 Å². The Balaban J connectivity index is 4.29. The number of nitrogens with one attached hydrogen (secondary N) is 1. The van der Waals surface area contributed by atoms with E-state index in [0.29, 0.717) is 19.5 Å². The first-order valence-electron chi connectivity index (χ1n) is 4.74. The maximum Gasteiger partial charge on any atom is 0.235 e. The van der Waals surface area contributed by atoms with Gasteiger partial charge in [0.15, 0.2) is 0 Å². The van der Waals surface area contributed by atoms with Gasteiger partial charge in [-0.15, -0.1) is 6.58 Å². The molecule has 0 unspecified atom stereocenters. The largest absolute Gasteiger partial charge is 0.351 e. The summed E-state index contributed by atoms with van der Waals surface area (Å²) in [6, 6.07) is 0. The molecule has 5 nitrogen and oxygen atoms in total. The Hall–Kier alpha value is -0.880. The fourth-order valence-electron chi connectivity index (χ4n) is 1.01. The Morgan fingerprint density at radius 2 is 2.13 bits per heavy atom. The van der Waals surface area contributed by atoms with Gasteiger partial charge < -0.3 is 5.32 Å². The number of hydrogen-bond acceptors (Lipinski definition) is 3. The first kappa shape index (κ1) is 14.1. The Kier molecular flexibility index (Phi) is 6.19. The average Bonchev–Trinajstić information content (AvgIpc) is 2.12. The number of hydrogen-bond donors (Lipinski definition) is 1. The zero-order valence-electron chi connectivity index (χ0n) is 9.19. The third kappa shape index (κ3) is 6.24. The minimum atomic E-state index is -3.30. The van der Waals surface area contributed by atoms with Crippen molar-refractivity contribution in [2.24, 2.45) is 0 Å². The molecule has 0 aromatic rings. The lowest BCUT2D eigenvalue weighted by atomic mass is 10.4. The van der Waals surface area contributed by atoms with Gasteiger partial charge in [0, 0.05) is 13.1 Å². The highest BCUT2D eigenvalue weighted by Gasteiger charge is 2.18. The van der Waals surface area contributed by atoms with E-state index in [1.807, 2.05) is 6.92 Å². The van der Waals surface area contributed by atoms with Gasteiger partial charge in [0.05, 0.1) is 12.8 Å². The molecule has 0 aliphatic rings. The second kappa shape index (κ2) is 6.58. The SMILES string of the molecule is C=CCNC(=O)CN(CCC)S(C)(=O)=O. The molecule has 0 saturated heterocycles. The first-order valence-corrected chi connectivity index (χ1v) is 6.59. The van der Waals surface area contributed by atoms with Crippen molar-refractivity contribution in [2.75, 3.05) is 25.9 Å². The Bertz CT molecular complexity index is 311. The summed E-state index contributed by atoms with van der Waals surface area (Å²) in [5.41, 5.74) is 0. The minimum absolute atomic E-state index is 0.124. The summed E-state index contributed by atoms with van der Waals surface area (Å²) in [5.74, 6) is -0.311. The molecule has 0 aromatic carbocycles. The molecule has 0 fully saturated rings. The van der Waals surface area contributed by atoms with Crippen LogP contribution in [0.3, 0.4) is 0 Å². The van der Waals surface area contributed by atoms with Crippen molar-refractivity contribution in [3.05, 3.63) is 12.7 Å². The van der Waals surface area contributed by atoms with E-state index in [1.54, 1.807) is 6.08 Å². The molecule has 88 valence electrons. The lowest BCUT2D eigenvalue weighted by molar-refractivity contribution is -0.121. The summed E-state index contributed by atoms with van der Waals surface area (Å²) in [4.78, 5) is 11.3. The molecule has 0 saturated carbocycles. The first-order chi connectivity index (χ1) is 6.91. The summed E-state index contributed by atoms with van der Waals surface area (Å²) in [7, 11) is -3.30. The number of amides is 1. The molecule has 0 rings (SSSR count). The highest BCUT2D eigenvalue weighted by molar-refractivity contribution is 7.88. The predicted molar refractivity (Wildman–Crippen MR) is 59.9 cm³/mol. The molecular formula is C9H18N2O3S. The molecular weight excluding hydrogens is 216 g/mol. The van der Waals surface area contributed by atoms with Crippen molar-refractivity contribution in [1.29, 1.82) is 0 Å². The predicted octanol–water partition coefficient (Wildman–Crippen LogP) is -0.0398. The number of rotatable bonds is 7. The molecule has 6 heteroatoms. The van der Waals surface area contributed by atoms with Crippen molar-refractivity contribution >= 4 is 15.9 Å². The fourth-order valence-corrected chi connectivity index (χ4v) is 1.88. The smallest absolute Gasteiger partial charge is 0.235 e. The summed E-state index contributed by atoms with van der Waals surface area (Å²) >= 11 is 0. The molecule has 0 aliphatic carbocycles. The van der Waals surface area contributed by atoms with Crippen LogP contribution in [0.25, 0.3) is 0 Å². The second-order valence-electron chi connectivity index (χ2n) is 3.19. The van der Waals surface area contributed by atoms with E-state index in [1.165, 1.54) is 0 Å². The van der Waals surface area contributed by atoms with Gasteiger partial charge in [0.2, 0.25) is 15.9 Å². The molecule has 0 spiro atoms. The monoisotopic (exact) mass is 234 g/mol. The van der Waals surface area contributed by atoms with Crippen LogP contribution in [0.1, 0.15) is 13.3 Å². The second-order valence-corrected chi connectivity index (χ2v) is 5.17. The normalized spacial score (nSPS) is 11.4. The van der Waals surface area contributed by atoms with Gasteiger partial charge in [0.1, 0.15) is 0 Å². The number of nitrogens with zero attached hydrogens (tertiary/aromatic N) is 1. The number of carbonyl (C=O) groups excluding carboxylic acids is 1. The van der Waals surface area contributed by atoms with Gasteiger partial charge in [-0.05, 0) is 6.42 Å². The van der Waals surface area contributed by atoms with E-state index in [4.69, 9.17) is 0 Å². The molecule has 0 aliphatic heterocycles. The number of sulfonamides is 1. The topological polar surface area (TPSA) is 66.5 Å². The Labute approximate surface area is 91.2 Å². The zero-order chi connectivity index (χ0) is 11.9. The lowest BCUT2D eigenvalue weighted by Gasteiger charge is -2.18. The zero-order valence-corrected chi connectivity index (χ0v) is 10.0. The molecule has 0 bridgehead atoms. The van der Waals surface area contributed by atoms with Crippen LogP contribution >= 0.6 is 0 Å². The summed E-state index contributed by atoms with van der Waals surface area (Å²) < 4.78 is 23.7. The van der Waals surface area contributed by atoms with Crippen LogP contribution in [0.5, 0.6) is 0 Å². The molecule has 0 radical (unpaired) electrons. The quantitative estimate of drug-likeness (QED) is 0.629. The van der Waals surface area contributed by atoms with Crippen LogP contribution in [-0.2, 0) is 14.8 Å². The molecule has 1 amide bonds. The van der Waals surface area contributed by atoms with Crippen molar-refractivity contribution < 1.29 is 13.2 Å². The average molecular weight is 234 g/mol.